The third-order valence-corrected chi connectivity index (χ3v) is 2.15. The quantitative estimate of drug-likeness (QED) is 0.357. The van der Waals surface area contributed by atoms with E-state index in [1.807, 2.05) is 20.8 Å². The van der Waals surface area contributed by atoms with E-state index in [-0.39, 0.29) is 11.4 Å². The summed E-state index contributed by atoms with van der Waals surface area (Å²) in [5.74, 6) is -0.0896. The molecule has 5 heteroatoms. The van der Waals surface area contributed by atoms with Gasteiger partial charge in [-0.05, 0) is 18.6 Å². The number of phenolic OH excluding ortho intramolecular Hbond substituents is 1. The van der Waals surface area contributed by atoms with Crippen LogP contribution in [0.15, 0.2) is 23.5 Å². The summed E-state index contributed by atoms with van der Waals surface area (Å²) in [6.07, 6.45) is 1.79. The molecule has 0 spiro atoms. The van der Waals surface area contributed by atoms with Gasteiger partial charge in [0.1, 0.15) is 5.69 Å². The Morgan fingerprint density at radius 1 is 1.41 bits per heavy atom. The average molecular weight is 239 g/mol. The maximum Gasteiger partial charge on any atom is 0.164 e. The number of nitrogen functional groups attached to an aromatic ring is 1. The van der Waals surface area contributed by atoms with Crippen molar-refractivity contribution in [2.45, 2.75) is 33.6 Å². The number of hydrogen-bond donors (Lipinski definition) is 2. The van der Waals surface area contributed by atoms with Gasteiger partial charge >= 0.3 is 0 Å². The molecule has 3 N–H and O–H groups in total. The molecule has 1 aromatic carbocycles. The molecule has 0 saturated heterocycles. The lowest BCUT2D eigenvalue weighted by Gasteiger charge is -2.16. The summed E-state index contributed by atoms with van der Waals surface area (Å²) < 4.78 is 0. The third kappa shape index (κ3) is 4.30. The molecule has 0 unspecified atom stereocenters. The Balaban J connectivity index is 0.00000121. The number of nitrogens with zero attached hydrogens (tertiary/aromatic N) is 2. The molecule has 0 aliphatic heterocycles. The Morgan fingerprint density at radius 2 is 2.06 bits per heavy atom. The highest BCUT2D eigenvalue weighted by atomic mass is 16.3. The fourth-order valence-corrected chi connectivity index (χ4v) is 1.27. The zero-order chi connectivity index (χ0) is 13.3. The summed E-state index contributed by atoms with van der Waals surface area (Å²) in [5, 5.41) is 13.7. The Hall–Kier alpha value is -1.78. The zero-order valence-corrected chi connectivity index (χ0v) is 10.7. The van der Waals surface area contributed by atoms with E-state index in [9.17, 15) is 10.0 Å². The van der Waals surface area contributed by atoms with Gasteiger partial charge in [0, 0.05) is 6.54 Å². The molecule has 1 rings (SSSR count). The first-order valence-corrected chi connectivity index (χ1v) is 5.89. The summed E-state index contributed by atoms with van der Waals surface area (Å²) in [6, 6.07) is 4.86. The van der Waals surface area contributed by atoms with Crippen LogP contribution >= 0.6 is 0 Å². The number of phenols is 1. The van der Waals surface area contributed by atoms with Crippen LogP contribution in [0.2, 0.25) is 0 Å². The number of hydrogen-bond acceptors (Lipinski definition) is 4. The number of unbranched alkanes of at least 4 members (excludes halogenated alkanes) is 1. The van der Waals surface area contributed by atoms with Crippen LogP contribution in [0.3, 0.4) is 0 Å². The van der Waals surface area contributed by atoms with Crippen LogP contribution in [0.1, 0.15) is 33.6 Å². The van der Waals surface area contributed by atoms with E-state index in [1.54, 1.807) is 18.2 Å². The molecule has 0 bridgehead atoms. The largest absolute Gasteiger partial charge is 0.504 e. The number of aromatic hydroxyl groups is 1. The van der Waals surface area contributed by atoms with E-state index in [4.69, 9.17) is 5.73 Å². The normalized spacial score (nSPS) is 9.12. The van der Waals surface area contributed by atoms with Gasteiger partial charge < -0.3 is 10.8 Å². The molecule has 0 aromatic heterocycles. The van der Waals surface area contributed by atoms with Crippen molar-refractivity contribution in [2.24, 2.45) is 5.29 Å². The van der Waals surface area contributed by atoms with Gasteiger partial charge in [0.15, 0.2) is 5.75 Å². The molecule has 17 heavy (non-hydrogen) atoms. The second-order valence-corrected chi connectivity index (χ2v) is 3.27. The summed E-state index contributed by atoms with van der Waals surface area (Å²) in [5.41, 5.74) is 6.13. The van der Waals surface area contributed by atoms with Gasteiger partial charge in [-0.25, -0.2) is 5.01 Å². The Morgan fingerprint density at radius 3 is 2.59 bits per heavy atom. The molecule has 0 heterocycles. The summed E-state index contributed by atoms with van der Waals surface area (Å²) in [7, 11) is 0. The molecule has 0 radical (unpaired) electrons. The van der Waals surface area contributed by atoms with Gasteiger partial charge in [0.05, 0.1) is 11.0 Å². The van der Waals surface area contributed by atoms with Crippen LogP contribution < -0.4 is 10.7 Å². The van der Waals surface area contributed by atoms with Gasteiger partial charge in [0.2, 0.25) is 0 Å². The van der Waals surface area contributed by atoms with Gasteiger partial charge in [0.25, 0.3) is 0 Å². The molecule has 0 amide bonds. The first-order chi connectivity index (χ1) is 8.20. The summed E-state index contributed by atoms with van der Waals surface area (Å²) >= 11 is 0. The number of nitrogens with two attached hydrogens (primary N) is 1. The van der Waals surface area contributed by atoms with Crippen LogP contribution in [0.25, 0.3) is 0 Å². The highest BCUT2D eigenvalue weighted by molar-refractivity contribution is 5.69. The molecule has 1 aromatic rings. The summed E-state index contributed by atoms with van der Waals surface area (Å²) in [4.78, 5) is 10.6. The van der Waals surface area contributed by atoms with Crippen molar-refractivity contribution in [3.63, 3.8) is 0 Å². The predicted octanol–water partition coefficient (Wildman–Crippen LogP) is 3.29. The topological polar surface area (TPSA) is 78.9 Å². The summed E-state index contributed by atoms with van der Waals surface area (Å²) in [6.45, 7) is 6.50. The van der Waals surface area contributed by atoms with Gasteiger partial charge in [-0.15, -0.1) is 4.91 Å². The molecule has 0 saturated carbocycles. The second kappa shape index (κ2) is 8.38. The van der Waals surface area contributed by atoms with Crippen molar-refractivity contribution in [1.82, 2.24) is 0 Å². The zero-order valence-electron chi connectivity index (χ0n) is 10.7. The molecule has 0 fully saturated rings. The van der Waals surface area contributed by atoms with Crippen LogP contribution in [-0.2, 0) is 0 Å². The molecule has 5 nitrogen and oxygen atoms in total. The number of rotatable bonds is 5. The number of para-hydroxylation sites is 1. The SMILES string of the molecule is CC.CCCCN(N=O)c1cccc(N)c1O. The van der Waals surface area contributed by atoms with E-state index in [0.717, 1.165) is 12.8 Å². The lowest BCUT2D eigenvalue weighted by molar-refractivity contribution is 0.476. The number of benzene rings is 1. The smallest absolute Gasteiger partial charge is 0.164 e. The van der Waals surface area contributed by atoms with Crippen molar-refractivity contribution >= 4 is 11.4 Å². The minimum Gasteiger partial charge on any atom is -0.504 e. The number of anilines is 2. The van der Waals surface area contributed by atoms with Crippen LogP contribution in [0.4, 0.5) is 11.4 Å². The van der Waals surface area contributed by atoms with Crippen LogP contribution in [0.5, 0.6) is 5.75 Å². The highest BCUT2D eigenvalue weighted by Crippen LogP contribution is 2.32. The highest BCUT2D eigenvalue weighted by Gasteiger charge is 2.12. The maximum absolute atomic E-state index is 10.6. The minimum absolute atomic E-state index is 0.0896. The molecular formula is C12H21N3O2. The van der Waals surface area contributed by atoms with E-state index in [1.165, 1.54) is 5.01 Å². The fraction of sp³-hybridized carbons (Fsp3) is 0.500. The Kier molecular flexibility index (Phi) is 7.50. The second-order valence-electron chi connectivity index (χ2n) is 3.27. The first-order valence-electron chi connectivity index (χ1n) is 5.89. The van der Waals surface area contributed by atoms with Crippen molar-refractivity contribution < 1.29 is 5.11 Å². The lowest BCUT2D eigenvalue weighted by Crippen LogP contribution is -2.16. The molecular weight excluding hydrogens is 218 g/mol. The Labute approximate surface area is 102 Å². The van der Waals surface area contributed by atoms with Crippen LogP contribution in [-0.4, -0.2) is 11.7 Å². The molecule has 0 aliphatic carbocycles. The maximum atomic E-state index is 10.6. The van der Waals surface area contributed by atoms with Crippen molar-refractivity contribution in [3.8, 4) is 5.75 Å². The van der Waals surface area contributed by atoms with Crippen molar-refractivity contribution in [2.75, 3.05) is 17.3 Å². The third-order valence-electron chi connectivity index (χ3n) is 2.15. The fourth-order valence-electron chi connectivity index (χ4n) is 1.27. The average Bonchev–Trinajstić information content (AvgIpc) is 2.37. The van der Waals surface area contributed by atoms with Crippen molar-refractivity contribution in [1.29, 1.82) is 0 Å². The Bertz CT molecular complexity index is 343. The predicted molar refractivity (Wildman–Crippen MR) is 71.9 cm³/mol. The number of nitroso groups, excluding NO2 is 1. The minimum atomic E-state index is -0.0896. The van der Waals surface area contributed by atoms with Crippen molar-refractivity contribution in [3.05, 3.63) is 23.1 Å². The van der Waals surface area contributed by atoms with Crippen LogP contribution in [0, 0.1) is 4.91 Å². The molecule has 0 aliphatic rings. The van der Waals surface area contributed by atoms with Gasteiger partial charge in [-0.3, -0.25) is 0 Å². The lowest BCUT2D eigenvalue weighted by atomic mass is 10.2. The van der Waals surface area contributed by atoms with Gasteiger partial charge in [-0.1, -0.05) is 33.3 Å². The van der Waals surface area contributed by atoms with E-state index in [2.05, 4.69) is 5.29 Å². The van der Waals surface area contributed by atoms with E-state index in [0.29, 0.717) is 12.2 Å². The van der Waals surface area contributed by atoms with E-state index < -0.39 is 0 Å². The molecule has 96 valence electrons. The first kappa shape index (κ1) is 15.2. The standard InChI is InChI=1S/C10H15N3O2.C2H6/c1-2-3-7-13(12-15)9-6-4-5-8(11)10(9)14;1-2/h4-6,14H,2-3,7,11H2,1H3;1-2H3. The van der Waals surface area contributed by atoms with E-state index >= 15 is 0 Å². The molecule has 0 atom stereocenters. The van der Waals surface area contributed by atoms with Gasteiger partial charge in [-0.2, -0.15) is 0 Å². The monoisotopic (exact) mass is 239 g/mol.